The molecule has 160 valence electrons. The Morgan fingerprint density at radius 2 is 1.93 bits per heavy atom. The van der Waals surface area contributed by atoms with Gasteiger partial charge in [0.1, 0.15) is 6.04 Å². The van der Waals surface area contributed by atoms with Gasteiger partial charge in [-0.05, 0) is 43.9 Å². The second-order valence-electron chi connectivity index (χ2n) is 7.48. The van der Waals surface area contributed by atoms with E-state index in [1.165, 1.54) is 22.5 Å². The average molecular weight is 461 g/mol. The summed E-state index contributed by atoms with van der Waals surface area (Å²) in [6.07, 6.45) is 4.43. The monoisotopic (exact) mass is 460 g/mol. The maximum atomic E-state index is 13.6. The number of amides is 1. The van der Waals surface area contributed by atoms with E-state index in [9.17, 15) is 13.2 Å². The summed E-state index contributed by atoms with van der Waals surface area (Å²) >= 11 is 12.1. The van der Waals surface area contributed by atoms with Gasteiger partial charge >= 0.3 is 0 Å². The zero-order chi connectivity index (χ0) is 21.2. The van der Waals surface area contributed by atoms with Gasteiger partial charge in [0.05, 0.1) is 4.90 Å². The van der Waals surface area contributed by atoms with Crippen LogP contribution in [0.4, 0.5) is 0 Å². The molecule has 2 heterocycles. The van der Waals surface area contributed by atoms with Gasteiger partial charge in [-0.3, -0.25) is 4.79 Å². The molecule has 0 spiro atoms. The van der Waals surface area contributed by atoms with E-state index < -0.39 is 16.1 Å². The van der Waals surface area contributed by atoms with Crippen LogP contribution in [0.15, 0.2) is 35.7 Å². The van der Waals surface area contributed by atoms with E-state index in [4.69, 9.17) is 27.9 Å². The predicted molar refractivity (Wildman–Crippen MR) is 114 cm³/mol. The first-order chi connectivity index (χ1) is 13.8. The molecular weight excluding hydrogens is 435 g/mol. The molecule has 0 aliphatic carbocycles. The van der Waals surface area contributed by atoms with Gasteiger partial charge in [0.25, 0.3) is 0 Å². The van der Waals surface area contributed by atoms with E-state index in [0.717, 1.165) is 6.42 Å². The number of hydrogen-bond acceptors (Lipinski definition) is 4. The van der Waals surface area contributed by atoms with Crippen molar-refractivity contribution in [3.05, 3.63) is 40.9 Å². The first kappa shape index (κ1) is 22.6. The third-order valence-electron chi connectivity index (χ3n) is 5.62. The molecule has 0 unspecified atom stereocenters. The lowest BCUT2D eigenvalue weighted by molar-refractivity contribution is -0.135. The average Bonchev–Trinajstić information content (AvgIpc) is 2.74. The van der Waals surface area contributed by atoms with Crippen LogP contribution in [-0.2, 0) is 19.6 Å². The maximum Gasteiger partial charge on any atom is 0.244 e. The second kappa shape index (κ2) is 9.35. The topological polar surface area (TPSA) is 66.9 Å². The molecule has 1 aromatic carbocycles. The fourth-order valence-electron chi connectivity index (χ4n) is 4.30. The van der Waals surface area contributed by atoms with Crippen molar-refractivity contribution >= 4 is 39.1 Å². The summed E-state index contributed by atoms with van der Waals surface area (Å²) in [6, 6.07) is 3.19. The van der Waals surface area contributed by atoms with Crippen LogP contribution in [0.2, 0.25) is 10.0 Å². The molecule has 2 saturated heterocycles. The van der Waals surface area contributed by atoms with Gasteiger partial charge in [-0.1, -0.05) is 29.3 Å². The van der Waals surface area contributed by atoms with Crippen molar-refractivity contribution in [3.8, 4) is 0 Å². The lowest BCUT2D eigenvalue weighted by Crippen LogP contribution is -2.54. The quantitative estimate of drug-likeness (QED) is 0.460. The zero-order valence-corrected chi connectivity index (χ0v) is 18.7. The Morgan fingerprint density at radius 1 is 1.24 bits per heavy atom. The lowest BCUT2D eigenvalue weighted by atomic mass is 9.90. The SMILES string of the molecule is C=C[C@H]1CN(CCCOC)C(=O)[C@@H]2CCC[C@H]1N2S(=O)(=O)c1cc(Cl)cc(Cl)c1. The number of benzene rings is 1. The van der Waals surface area contributed by atoms with Gasteiger partial charge < -0.3 is 9.64 Å². The van der Waals surface area contributed by atoms with Crippen LogP contribution in [0, 0.1) is 5.92 Å². The number of halogens is 2. The van der Waals surface area contributed by atoms with Crippen molar-refractivity contribution < 1.29 is 17.9 Å². The number of fused-ring (bicyclic) bond motifs is 2. The van der Waals surface area contributed by atoms with Crippen LogP contribution in [-0.4, -0.2) is 62.4 Å². The van der Waals surface area contributed by atoms with Crippen LogP contribution in [0.1, 0.15) is 25.7 Å². The first-order valence-electron chi connectivity index (χ1n) is 9.69. The van der Waals surface area contributed by atoms with Crippen molar-refractivity contribution in [1.82, 2.24) is 9.21 Å². The third kappa shape index (κ3) is 4.64. The molecule has 0 aromatic heterocycles. The van der Waals surface area contributed by atoms with Gasteiger partial charge in [0.2, 0.25) is 15.9 Å². The minimum absolute atomic E-state index is 0.00958. The Hall–Kier alpha value is -1.12. The first-order valence-corrected chi connectivity index (χ1v) is 11.9. The van der Waals surface area contributed by atoms with Crippen LogP contribution < -0.4 is 0 Å². The highest BCUT2D eigenvalue weighted by Crippen LogP contribution is 2.38. The molecule has 2 bridgehead atoms. The highest BCUT2D eigenvalue weighted by molar-refractivity contribution is 7.89. The smallest absolute Gasteiger partial charge is 0.244 e. The van der Waals surface area contributed by atoms with Gasteiger partial charge in [0, 0.05) is 48.8 Å². The minimum Gasteiger partial charge on any atom is -0.385 e. The molecule has 2 fully saturated rings. The molecule has 1 amide bonds. The molecule has 0 saturated carbocycles. The van der Waals surface area contributed by atoms with Gasteiger partial charge in [-0.2, -0.15) is 4.31 Å². The molecule has 3 rings (SSSR count). The van der Waals surface area contributed by atoms with Gasteiger partial charge in [-0.25, -0.2) is 8.42 Å². The molecular formula is C20H26Cl2N2O4S. The lowest BCUT2D eigenvalue weighted by Gasteiger charge is -2.40. The Bertz CT molecular complexity index is 857. The van der Waals surface area contributed by atoms with Crippen LogP contribution in [0.5, 0.6) is 0 Å². The normalized spacial score (nSPS) is 25.7. The number of carbonyl (C=O) groups is 1. The van der Waals surface area contributed by atoms with Crippen molar-refractivity contribution in [2.24, 2.45) is 5.92 Å². The number of hydrogen-bond donors (Lipinski definition) is 0. The van der Waals surface area contributed by atoms with E-state index in [2.05, 4.69) is 6.58 Å². The molecule has 29 heavy (non-hydrogen) atoms. The van der Waals surface area contributed by atoms with E-state index in [1.54, 1.807) is 18.1 Å². The molecule has 2 aliphatic heterocycles. The van der Waals surface area contributed by atoms with Crippen molar-refractivity contribution in [2.45, 2.75) is 42.7 Å². The second-order valence-corrected chi connectivity index (χ2v) is 10.2. The molecule has 3 atom stereocenters. The number of nitrogens with zero attached hydrogens (tertiary/aromatic N) is 2. The summed E-state index contributed by atoms with van der Waals surface area (Å²) < 4.78 is 33.7. The number of rotatable bonds is 7. The summed E-state index contributed by atoms with van der Waals surface area (Å²) in [4.78, 5) is 15.1. The molecule has 0 radical (unpaired) electrons. The van der Waals surface area contributed by atoms with Crippen LogP contribution in [0.3, 0.4) is 0 Å². The largest absolute Gasteiger partial charge is 0.385 e. The van der Waals surface area contributed by atoms with E-state index in [-0.39, 0.29) is 32.8 Å². The Morgan fingerprint density at radius 3 is 2.55 bits per heavy atom. The summed E-state index contributed by atoms with van der Waals surface area (Å²) in [5.74, 6) is -0.317. The molecule has 0 N–H and O–H groups in total. The number of carbonyl (C=O) groups excluding carboxylic acids is 1. The zero-order valence-electron chi connectivity index (χ0n) is 16.4. The van der Waals surface area contributed by atoms with Crippen LogP contribution in [0.25, 0.3) is 0 Å². The fraction of sp³-hybridized carbons (Fsp3) is 0.550. The summed E-state index contributed by atoms with van der Waals surface area (Å²) in [7, 11) is -2.35. The molecule has 9 heteroatoms. The van der Waals surface area contributed by atoms with Gasteiger partial charge in [0.15, 0.2) is 0 Å². The summed E-state index contributed by atoms with van der Waals surface area (Å²) in [5, 5.41) is 0.479. The Labute approximate surface area is 182 Å². The van der Waals surface area contributed by atoms with E-state index in [0.29, 0.717) is 39.0 Å². The van der Waals surface area contributed by atoms with Crippen molar-refractivity contribution in [3.63, 3.8) is 0 Å². The van der Waals surface area contributed by atoms with Crippen molar-refractivity contribution in [2.75, 3.05) is 26.8 Å². The highest BCUT2D eigenvalue weighted by Gasteiger charge is 2.49. The molecule has 2 aliphatic rings. The summed E-state index contributed by atoms with van der Waals surface area (Å²) in [5.41, 5.74) is 0. The highest BCUT2D eigenvalue weighted by atomic mass is 35.5. The van der Waals surface area contributed by atoms with Crippen molar-refractivity contribution in [1.29, 1.82) is 0 Å². The summed E-state index contributed by atoms with van der Waals surface area (Å²) in [6.45, 7) is 5.44. The number of ether oxygens (including phenoxy) is 1. The van der Waals surface area contributed by atoms with Gasteiger partial charge in [-0.15, -0.1) is 6.58 Å². The fourth-order valence-corrected chi connectivity index (χ4v) is 6.90. The standard InChI is InChI=1S/C20H26Cl2N2O4S/c1-3-14-13-23(8-5-9-28-2)20(25)19-7-4-6-18(14)24(19)29(26,27)17-11-15(21)10-16(22)12-17/h3,10-12,14,18-19H,1,4-9,13H2,2H3/t14-,18+,19-/m0/s1. The molecule has 6 nitrogen and oxygen atoms in total. The van der Waals surface area contributed by atoms with E-state index in [1.807, 2.05) is 0 Å². The Kier molecular flexibility index (Phi) is 7.27. The minimum atomic E-state index is -3.97. The molecule has 1 aromatic rings. The number of methoxy groups -OCH3 is 1. The Balaban J connectivity index is 2.03. The third-order valence-corrected chi connectivity index (χ3v) is 7.97. The van der Waals surface area contributed by atoms with Crippen LogP contribution >= 0.6 is 23.2 Å². The number of sulfonamides is 1. The predicted octanol–water partition coefficient (Wildman–Crippen LogP) is 3.59. The van der Waals surface area contributed by atoms with E-state index >= 15 is 0 Å². The number of piperidine rings is 1. The maximum absolute atomic E-state index is 13.6.